The van der Waals surface area contributed by atoms with Crippen LogP contribution in [-0.4, -0.2) is 44.2 Å². The highest BCUT2D eigenvalue weighted by molar-refractivity contribution is 5.87. The lowest BCUT2D eigenvalue weighted by Crippen LogP contribution is -2.43. The van der Waals surface area contributed by atoms with Crippen molar-refractivity contribution in [1.82, 2.24) is 10.3 Å². The average molecular weight is 289 g/mol. The first kappa shape index (κ1) is 13.9. The normalized spacial score (nSPS) is 15.4. The van der Waals surface area contributed by atoms with Gasteiger partial charge in [0.25, 0.3) is 0 Å². The Bertz CT molecular complexity index is 632. The Labute approximate surface area is 123 Å². The number of oxazole rings is 1. The second-order valence-electron chi connectivity index (χ2n) is 5.04. The minimum atomic E-state index is -0.250. The van der Waals surface area contributed by atoms with Gasteiger partial charge in [0.2, 0.25) is 0 Å². The van der Waals surface area contributed by atoms with Crippen LogP contribution in [0.1, 0.15) is 12.3 Å². The van der Waals surface area contributed by atoms with Gasteiger partial charge in [-0.05, 0) is 12.1 Å². The molecule has 0 saturated carbocycles. The third-order valence-electron chi connectivity index (χ3n) is 3.67. The lowest BCUT2D eigenvalue weighted by molar-refractivity contribution is -0.140. The van der Waals surface area contributed by atoms with E-state index in [1.54, 1.807) is 0 Å². The van der Waals surface area contributed by atoms with Gasteiger partial charge in [-0.15, -0.1) is 0 Å². The number of ether oxygens (including phenoxy) is 1. The van der Waals surface area contributed by atoms with Gasteiger partial charge in [-0.1, -0.05) is 6.07 Å². The number of aryl methyl sites for hydroxylation is 1. The molecule has 0 radical (unpaired) electrons. The molecule has 0 unspecified atom stereocenters. The first-order chi connectivity index (χ1) is 10.3. The number of anilines is 1. The van der Waals surface area contributed by atoms with Gasteiger partial charge in [0.15, 0.2) is 11.5 Å². The lowest BCUT2D eigenvalue weighted by atomic mass is 10.2. The third kappa shape index (κ3) is 3.00. The van der Waals surface area contributed by atoms with Crippen LogP contribution in [0.15, 0.2) is 22.6 Å². The molecule has 112 valence electrons. The zero-order chi connectivity index (χ0) is 14.7. The summed E-state index contributed by atoms with van der Waals surface area (Å²) in [5, 5.41) is 3.34. The van der Waals surface area contributed by atoms with Crippen molar-refractivity contribution in [2.75, 3.05) is 38.2 Å². The summed E-state index contributed by atoms with van der Waals surface area (Å²) in [5.41, 5.74) is 2.74. The summed E-state index contributed by atoms with van der Waals surface area (Å²) in [6.45, 7) is 3.87. The number of rotatable bonds is 4. The van der Waals surface area contributed by atoms with Crippen molar-refractivity contribution in [3.63, 3.8) is 0 Å². The number of nitrogens with one attached hydrogen (secondary N) is 1. The average Bonchev–Trinajstić information content (AvgIpc) is 2.96. The molecule has 1 saturated heterocycles. The fraction of sp³-hybridized carbons (Fsp3) is 0.467. The Kier molecular flexibility index (Phi) is 4.06. The second-order valence-corrected chi connectivity index (χ2v) is 5.04. The summed E-state index contributed by atoms with van der Waals surface area (Å²) < 4.78 is 10.4. The molecule has 2 aromatic rings. The van der Waals surface area contributed by atoms with Gasteiger partial charge in [0.05, 0.1) is 19.2 Å². The summed E-state index contributed by atoms with van der Waals surface area (Å²) in [5.74, 6) is 0.331. The molecule has 0 amide bonds. The maximum absolute atomic E-state index is 11.2. The van der Waals surface area contributed by atoms with E-state index in [1.165, 1.54) is 7.11 Å². The molecule has 1 aliphatic rings. The topological polar surface area (TPSA) is 67.6 Å². The highest BCUT2D eigenvalue weighted by Gasteiger charge is 2.17. The summed E-state index contributed by atoms with van der Waals surface area (Å²) >= 11 is 0. The van der Waals surface area contributed by atoms with Gasteiger partial charge >= 0.3 is 5.97 Å². The summed E-state index contributed by atoms with van der Waals surface area (Å²) in [6.07, 6.45) is 0.745. The van der Waals surface area contributed by atoms with Crippen LogP contribution in [0.4, 0.5) is 5.69 Å². The molecule has 1 fully saturated rings. The Morgan fingerprint density at radius 3 is 3.00 bits per heavy atom. The number of esters is 1. The highest BCUT2D eigenvalue weighted by atomic mass is 16.5. The van der Waals surface area contributed by atoms with Crippen molar-refractivity contribution in [1.29, 1.82) is 0 Å². The lowest BCUT2D eigenvalue weighted by Gasteiger charge is -2.29. The fourth-order valence-corrected chi connectivity index (χ4v) is 2.56. The first-order valence-electron chi connectivity index (χ1n) is 7.19. The van der Waals surface area contributed by atoms with Crippen LogP contribution in [0.2, 0.25) is 0 Å². The van der Waals surface area contributed by atoms with E-state index in [2.05, 4.69) is 26.0 Å². The molecule has 6 nitrogen and oxygen atoms in total. The Morgan fingerprint density at radius 2 is 2.24 bits per heavy atom. The number of piperazine rings is 1. The smallest absolute Gasteiger partial charge is 0.306 e. The SMILES string of the molecule is COC(=O)CCc1nc2c(N3CCNCC3)cccc2o1. The van der Waals surface area contributed by atoms with Crippen LogP contribution in [0, 0.1) is 0 Å². The van der Waals surface area contributed by atoms with Crippen molar-refractivity contribution in [2.24, 2.45) is 0 Å². The van der Waals surface area contributed by atoms with Crippen molar-refractivity contribution in [2.45, 2.75) is 12.8 Å². The Balaban J connectivity index is 1.84. The van der Waals surface area contributed by atoms with Crippen molar-refractivity contribution < 1.29 is 13.9 Å². The maximum atomic E-state index is 11.2. The zero-order valence-corrected chi connectivity index (χ0v) is 12.1. The second kappa shape index (κ2) is 6.13. The largest absolute Gasteiger partial charge is 0.469 e. The molecule has 0 atom stereocenters. The van der Waals surface area contributed by atoms with E-state index >= 15 is 0 Å². The van der Waals surface area contributed by atoms with Crippen molar-refractivity contribution >= 4 is 22.8 Å². The summed E-state index contributed by atoms with van der Waals surface area (Å²) in [6, 6.07) is 5.96. The fourth-order valence-electron chi connectivity index (χ4n) is 2.56. The molecule has 1 aromatic heterocycles. The van der Waals surface area contributed by atoms with Gasteiger partial charge in [-0.25, -0.2) is 4.98 Å². The zero-order valence-electron chi connectivity index (χ0n) is 12.1. The number of methoxy groups -OCH3 is 1. The molecule has 6 heteroatoms. The van der Waals surface area contributed by atoms with Crippen LogP contribution in [0.25, 0.3) is 11.1 Å². The molecule has 2 heterocycles. The van der Waals surface area contributed by atoms with E-state index in [4.69, 9.17) is 4.42 Å². The van der Waals surface area contributed by atoms with E-state index in [9.17, 15) is 4.79 Å². The van der Waals surface area contributed by atoms with Crippen LogP contribution >= 0.6 is 0 Å². The van der Waals surface area contributed by atoms with Crippen LogP contribution in [-0.2, 0) is 16.0 Å². The Hall–Kier alpha value is -2.08. The van der Waals surface area contributed by atoms with Crippen molar-refractivity contribution in [3.05, 3.63) is 24.1 Å². The van der Waals surface area contributed by atoms with E-state index in [0.717, 1.165) is 43.0 Å². The molecular weight excluding hydrogens is 270 g/mol. The van der Waals surface area contributed by atoms with Gasteiger partial charge in [0, 0.05) is 32.6 Å². The third-order valence-corrected chi connectivity index (χ3v) is 3.67. The quantitative estimate of drug-likeness (QED) is 0.857. The van der Waals surface area contributed by atoms with Gasteiger partial charge in [0.1, 0.15) is 5.52 Å². The van der Waals surface area contributed by atoms with E-state index in [0.29, 0.717) is 12.3 Å². The molecule has 0 bridgehead atoms. The molecule has 21 heavy (non-hydrogen) atoms. The standard InChI is InChI=1S/C15H19N3O3/c1-20-14(19)6-5-13-17-15-11(3-2-4-12(15)21-13)18-9-7-16-8-10-18/h2-4,16H,5-10H2,1H3. The molecule has 3 rings (SSSR count). The number of fused-ring (bicyclic) bond motifs is 1. The minimum Gasteiger partial charge on any atom is -0.469 e. The minimum absolute atomic E-state index is 0.250. The molecular formula is C15H19N3O3. The summed E-state index contributed by atoms with van der Waals surface area (Å²) in [7, 11) is 1.39. The highest BCUT2D eigenvalue weighted by Crippen LogP contribution is 2.27. The van der Waals surface area contributed by atoms with Crippen LogP contribution in [0.3, 0.4) is 0 Å². The number of benzene rings is 1. The number of hydrogen-bond acceptors (Lipinski definition) is 6. The molecule has 1 N–H and O–H groups in total. The predicted octanol–water partition coefficient (Wildman–Crippen LogP) is 1.34. The van der Waals surface area contributed by atoms with Crippen LogP contribution < -0.4 is 10.2 Å². The van der Waals surface area contributed by atoms with E-state index < -0.39 is 0 Å². The molecule has 1 aromatic carbocycles. The number of carbonyl (C=O) groups excluding carboxylic acids is 1. The number of nitrogens with zero attached hydrogens (tertiary/aromatic N) is 2. The van der Waals surface area contributed by atoms with Crippen molar-refractivity contribution in [3.8, 4) is 0 Å². The van der Waals surface area contributed by atoms with Gasteiger partial charge < -0.3 is 19.4 Å². The number of para-hydroxylation sites is 1. The number of carbonyl (C=O) groups is 1. The molecule has 0 spiro atoms. The summed E-state index contributed by atoms with van der Waals surface area (Å²) in [4.78, 5) is 18.1. The predicted molar refractivity (Wildman–Crippen MR) is 79.4 cm³/mol. The van der Waals surface area contributed by atoms with E-state index in [1.807, 2.05) is 12.1 Å². The first-order valence-corrected chi connectivity index (χ1v) is 7.19. The van der Waals surface area contributed by atoms with Gasteiger partial charge in [-0.2, -0.15) is 0 Å². The van der Waals surface area contributed by atoms with Gasteiger partial charge in [-0.3, -0.25) is 4.79 Å². The molecule has 1 aliphatic heterocycles. The number of aromatic nitrogens is 1. The van der Waals surface area contributed by atoms with E-state index in [-0.39, 0.29) is 12.4 Å². The van der Waals surface area contributed by atoms with Crippen LogP contribution in [0.5, 0.6) is 0 Å². The monoisotopic (exact) mass is 289 g/mol. The molecule has 0 aliphatic carbocycles. The Morgan fingerprint density at radius 1 is 1.43 bits per heavy atom. The maximum Gasteiger partial charge on any atom is 0.306 e. The number of hydrogen-bond donors (Lipinski definition) is 1.